The van der Waals surface area contributed by atoms with Crippen LogP contribution in [-0.4, -0.2) is 30.4 Å². The predicted octanol–water partition coefficient (Wildman–Crippen LogP) is 2.72. The molecule has 108 valence electrons. The lowest BCUT2D eigenvalue weighted by Crippen LogP contribution is -2.16. The molecule has 0 spiro atoms. The smallest absolute Gasteiger partial charge is 0.411 e. The maximum atomic E-state index is 12.1. The Morgan fingerprint density at radius 1 is 1.45 bits per heavy atom. The van der Waals surface area contributed by atoms with Gasteiger partial charge in [-0.25, -0.2) is 9.59 Å². The number of rotatable bonds is 6. The minimum Gasteiger partial charge on any atom is -0.478 e. The van der Waals surface area contributed by atoms with Crippen molar-refractivity contribution < 1.29 is 33.0 Å². The Bertz CT molecular complexity index is 519. The van der Waals surface area contributed by atoms with E-state index in [0.717, 1.165) is 18.2 Å². The van der Waals surface area contributed by atoms with Crippen LogP contribution in [0.1, 0.15) is 10.4 Å². The van der Waals surface area contributed by atoms with Gasteiger partial charge < -0.3 is 14.6 Å². The molecule has 1 rings (SSSR count). The van der Waals surface area contributed by atoms with E-state index in [1.165, 1.54) is 6.08 Å². The second-order valence-electron chi connectivity index (χ2n) is 3.40. The van der Waals surface area contributed by atoms with E-state index in [1.54, 1.807) is 0 Å². The number of carbonyl (C=O) groups excluding carboxylic acids is 1. The van der Waals surface area contributed by atoms with Gasteiger partial charge in [-0.05, 0) is 12.1 Å². The zero-order chi connectivity index (χ0) is 15.1. The zero-order valence-corrected chi connectivity index (χ0v) is 10.1. The normalized spacial score (nSPS) is 9.95. The Morgan fingerprint density at radius 3 is 2.70 bits per heavy atom. The first kappa shape index (κ1) is 15.4. The summed E-state index contributed by atoms with van der Waals surface area (Å²) < 4.78 is 32.9. The number of hydrogen-bond acceptors (Lipinski definition) is 4. The molecule has 0 radical (unpaired) electrons. The van der Waals surface area contributed by atoms with Gasteiger partial charge in [-0.15, -0.1) is 0 Å². The molecule has 0 aliphatic heterocycles. The largest absolute Gasteiger partial charge is 0.478 e. The number of nitrogens with one attached hydrogen (secondary N) is 1. The zero-order valence-electron chi connectivity index (χ0n) is 10.1. The van der Waals surface area contributed by atoms with Crippen LogP contribution in [0.4, 0.5) is 19.3 Å². The summed E-state index contributed by atoms with van der Waals surface area (Å²) in [4.78, 5) is 22.3. The van der Waals surface area contributed by atoms with E-state index < -0.39 is 18.7 Å². The van der Waals surface area contributed by atoms with Crippen molar-refractivity contribution in [2.45, 2.75) is 6.61 Å². The van der Waals surface area contributed by atoms with Crippen LogP contribution in [0.2, 0.25) is 0 Å². The molecule has 1 amide bonds. The van der Waals surface area contributed by atoms with Crippen LogP contribution in [0.15, 0.2) is 30.9 Å². The number of hydrogen-bond donors (Lipinski definition) is 2. The van der Waals surface area contributed by atoms with Crippen LogP contribution in [0, 0.1) is 0 Å². The SMILES string of the molecule is C=CCOC(=O)Nc1cc(OC(F)F)ccc1C(=O)O. The second kappa shape index (κ2) is 7.07. The monoisotopic (exact) mass is 287 g/mol. The number of amides is 1. The van der Waals surface area contributed by atoms with Crippen molar-refractivity contribution in [2.75, 3.05) is 11.9 Å². The van der Waals surface area contributed by atoms with Gasteiger partial charge >= 0.3 is 18.7 Å². The summed E-state index contributed by atoms with van der Waals surface area (Å²) in [5.41, 5.74) is -0.508. The minimum atomic E-state index is -3.06. The highest BCUT2D eigenvalue weighted by Crippen LogP contribution is 2.24. The highest BCUT2D eigenvalue weighted by Gasteiger charge is 2.15. The van der Waals surface area contributed by atoms with Crippen molar-refractivity contribution in [1.29, 1.82) is 0 Å². The molecule has 20 heavy (non-hydrogen) atoms. The average molecular weight is 287 g/mol. The Hall–Kier alpha value is -2.64. The molecular weight excluding hydrogens is 276 g/mol. The summed E-state index contributed by atoms with van der Waals surface area (Å²) in [5.74, 6) is -1.63. The molecule has 0 saturated heterocycles. The second-order valence-corrected chi connectivity index (χ2v) is 3.40. The fourth-order valence-corrected chi connectivity index (χ4v) is 1.27. The molecule has 0 heterocycles. The van der Waals surface area contributed by atoms with E-state index in [9.17, 15) is 18.4 Å². The third kappa shape index (κ3) is 4.56. The van der Waals surface area contributed by atoms with Gasteiger partial charge in [0.15, 0.2) is 0 Å². The molecule has 0 aromatic heterocycles. The van der Waals surface area contributed by atoms with Crippen molar-refractivity contribution in [3.8, 4) is 5.75 Å². The van der Waals surface area contributed by atoms with Crippen LogP contribution < -0.4 is 10.1 Å². The molecule has 6 nitrogen and oxygen atoms in total. The summed E-state index contributed by atoms with van der Waals surface area (Å²) in [7, 11) is 0. The molecule has 0 unspecified atom stereocenters. The third-order valence-corrected chi connectivity index (χ3v) is 2.02. The van der Waals surface area contributed by atoms with Crippen molar-refractivity contribution in [1.82, 2.24) is 0 Å². The fourth-order valence-electron chi connectivity index (χ4n) is 1.27. The van der Waals surface area contributed by atoms with E-state index in [2.05, 4.69) is 21.4 Å². The van der Waals surface area contributed by atoms with Crippen molar-refractivity contribution in [2.24, 2.45) is 0 Å². The number of carbonyl (C=O) groups is 2. The van der Waals surface area contributed by atoms with E-state index in [1.807, 2.05) is 0 Å². The average Bonchev–Trinajstić information content (AvgIpc) is 2.35. The molecule has 0 aliphatic carbocycles. The lowest BCUT2D eigenvalue weighted by molar-refractivity contribution is -0.0498. The van der Waals surface area contributed by atoms with Crippen molar-refractivity contribution >= 4 is 17.7 Å². The maximum absolute atomic E-state index is 12.1. The molecule has 2 N–H and O–H groups in total. The van der Waals surface area contributed by atoms with Gasteiger partial charge in [0.25, 0.3) is 0 Å². The number of carboxylic acids is 1. The molecule has 0 aliphatic rings. The first-order valence-electron chi connectivity index (χ1n) is 5.31. The lowest BCUT2D eigenvalue weighted by atomic mass is 10.1. The van der Waals surface area contributed by atoms with Crippen LogP contribution in [-0.2, 0) is 4.74 Å². The summed E-state index contributed by atoms with van der Waals surface area (Å²) in [5, 5.41) is 11.1. The number of alkyl halides is 2. The van der Waals surface area contributed by atoms with Gasteiger partial charge in [0, 0.05) is 6.07 Å². The molecule has 0 saturated carbocycles. The maximum Gasteiger partial charge on any atom is 0.411 e. The van der Waals surface area contributed by atoms with Crippen LogP contribution >= 0.6 is 0 Å². The van der Waals surface area contributed by atoms with Gasteiger partial charge in [-0.1, -0.05) is 12.7 Å². The number of anilines is 1. The molecular formula is C12H11F2NO5. The molecule has 1 aromatic rings. The fraction of sp³-hybridized carbons (Fsp3) is 0.167. The van der Waals surface area contributed by atoms with Crippen LogP contribution in [0.25, 0.3) is 0 Å². The standard InChI is InChI=1S/C12H11F2NO5/c1-2-5-19-12(18)15-9-6-7(20-11(13)14)3-4-8(9)10(16)17/h2-4,6,11H,1,5H2,(H,15,18)(H,16,17). The molecule has 8 heteroatoms. The number of ether oxygens (including phenoxy) is 2. The van der Waals surface area contributed by atoms with E-state index in [-0.39, 0.29) is 23.6 Å². The topological polar surface area (TPSA) is 84.9 Å². The quantitative estimate of drug-likeness (QED) is 0.786. The molecule has 1 aromatic carbocycles. The first-order valence-corrected chi connectivity index (χ1v) is 5.31. The summed E-state index contributed by atoms with van der Waals surface area (Å²) in [6, 6.07) is 3.05. The Labute approximate surface area is 112 Å². The first-order chi connectivity index (χ1) is 9.43. The Morgan fingerprint density at radius 2 is 2.15 bits per heavy atom. The van der Waals surface area contributed by atoms with E-state index in [0.29, 0.717) is 0 Å². The van der Waals surface area contributed by atoms with Gasteiger partial charge in [-0.3, -0.25) is 5.32 Å². The van der Waals surface area contributed by atoms with Crippen LogP contribution in [0.3, 0.4) is 0 Å². The summed E-state index contributed by atoms with van der Waals surface area (Å²) in [6.07, 6.45) is 0.371. The number of benzene rings is 1. The number of carboxylic acid groups (broad SMARTS) is 1. The van der Waals surface area contributed by atoms with Gasteiger partial charge in [0.05, 0.1) is 11.3 Å². The number of halogens is 2. The van der Waals surface area contributed by atoms with Crippen molar-refractivity contribution in [3.05, 3.63) is 36.4 Å². The highest BCUT2D eigenvalue weighted by molar-refractivity contribution is 5.99. The third-order valence-electron chi connectivity index (χ3n) is 2.02. The minimum absolute atomic E-state index is 0.0819. The lowest BCUT2D eigenvalue weighted by Gasteiger charge is -2.11. The molecule has 0 bridgehead atoms. The van der Waals surface area contributed by atoms with E-state index in [4.69, 9.17) is 5.11 Å². The predicted molar refractivity (Wildman–Crippen MR) is 65.2 cm³/mol. The Balaban J connectivity index is 2.96. The van der Waals surface area contributed by atoms with Gasteiger partial charge in [0.1, 0.15) is 12.4 Å². The number of aromatic carboxylic acids is 1. The summed E-state index contributed by atoms with van der Waals surface area (Å²) in [6.45, 7) is 0.184. The van der Waals surface area contributed by atoms with Crippen molar-refractivity contribution in [3.63, 3.8) is 0 Å². The molecule has 0 atom stereocenters. The summed E-state index contributed by atoms with van der Waals surface area (Å²) >= 11 is 0. The van der Waals surface area contributed by atoms with E-state index >= 15 is 0 Å². The van der Waals surface area contributed by atoms with Gasteiger partial charge in [0.2, 0.25) is 0 Å². The Kier molecular flexibility index (Phi) is 5.45. The van der Waals surface area contributed by atoms with Crippen LogP contribution in [0.5, 0.6) is 5.75 Å². The van der Waals surface area contributed by atoms with Gasteiger partial charge in [-0.2, -0.15) is 8.78 Å². The molecule has 0 fully saturated rings. The highest BCUT2D eigenvalue weighted by atomic mass is 19.3.